The van der Waals surface area contributed by atoms with E-state index in [1.54, 1.807) is 0 Å². The molecular weight excluding hydrogens is 424 g/mol. The number of nitrogens with zero attached hydrogens (tertiary/aromatic N) is 3. The number of amides is 1. The molecule has 8 nitrogen and oxygen atoms in total. The maximum Gasteiger partial charge on any atom is 0.277 e. The summed E-state index contributed by atoms with van der Waals surface area (Å²) in [6.07, 6.45) is 6.23. The number of halogens is 2. The lowest BCUT2D eigenvalue weighted by molar-refractivity contribution is 0.0625. The number of terminal acetylenes is 1. The molecule has 1 aliphatic heterocycles. The number of methoxy groups -OCH3 is 1. The van der Waals surface area contributed by atoms with Gasteiger partial charge in [-0.3, -0.25) is 24.1 Å². The first-order valence-electron chi connectivity index (χ1n) is 9.71. The summed E-state index contributed by atoms with van der Waals surface area (Å²) in [5, 5.41) is 12.0. The average molecular weight is 445 g/mol. The zero-order chi connectivity index (χ0) is 23.4. The second-order valence-electron chi connectivity index (χ2n) is 7.14. The Kier molecular flexibility index (Phi) is 6.90. The smallest absolute Gasteiger partial charge is 0.277 e. The minimum Gasteiger partial charge on any atom is -0.502 e. The van der Waals surface area contributed by atoms with Crippen molar-refractivity contribution in [2.45, 2.75) is 12.8 Å². The first-order valence-corrected chi connectivity index (χ1v) is 9.71. The molecule has 0 radical (unpaired) electrons. The molecule has 0 saturated heterocycles. The quantitative estimate of drug-likeness (QED) is 0.486. The Morgan fingerprint density at radius 1 is 1.31 bits per heavy atom. The predicted molar refractivity (Wildman–Crippen MR) is 111 cm³/mol. The minimum absolute atomic E-state index is 0.0283. The highest BCUT2D eigenvalue weighted by atomic mass is 19.1. The largest absolute Gasteiger partial charge is 0.502 e. The third kappa shape index (κ3) is 4.48. The van der Waals surface area contributed by atoms with Gasteiger partial charge in [-0.05, 0) is 18.1 Å². The molecule has 168 valence electrons. The number of fused-ring (bicyclic) bond motifs is 1. The third-order valence-electron chi connectivity index (χ3n) is 5.07. The summed E-state index contributed by atoms with van der Waals surface area (Å²) in [6, 6.07) is 3.00. The first kappa shape index (κ1) is 23.0. The van der Waals surface area contributed by atoms with Crippen molar-refractivity contribution in [1.82, 2.24) is 9.58 Å². The second-order valence-corrected chi connectivity index (χ2v) is 7.14. The molecular formula is C22H21F2N3O5. The van der Waals surface area contributed by atoms with Crippen molar-refractivity contribution >= 4 is 11.7 Å². The van der Waals surface area contributed by atoms with Crippen LogP contribution in [-0.4, -0.2) is 59.8 Å². The van der Waals surface area contributed by atoms with E-state index in [9.17, 15) is 28.3 Å². The van der Waals surface area contributed by atoms with Crippen LogP contribution >= 0.6 is 0 Å². The molecule has 1 aliphatic rings. The van der Waals surface area contributed by atoms with Crippen LogP contribution < -0.4 is 10.4 Å². The Labute approximate surface area is 182 Å². The SMILES string of the molecule is C#CCN1CN(CCOC)C(=O)c2c(O)c(=O)c(C(=O)CCc3ccc(F)cc3F)cn21. The highest BCUT2D eigenvalue weighted by molar-refractivity contribution is 6.00. The van der Waals surface area contributed by atoms with Gasteiger partial charge in [-0.2, -0.15) is 0 Å². The highest BCUT2D eigenvalue weighted by Gasteiger charge is 2.33. The Morgan fingerprint density at radius 3 is 2.72 bits per heavy atom. The topological polar surface area (TPSA) is 92.1 Å². The van der Waals surface area contributed by atoms with Crippen LogP contribution in [0.25, 0.3) is 0 Å². The number of carbonyl (C=O) groups is 2. The molecule has 1 N–H and O–H groups in total. The van der Waals surface area contributed by atoms with Gasteiger partial charge in [0.2, 0.25) is 5.43 Å². The number of carbonyl (C=O) groups excluding carboxylic acids is 2. The van der Waals surface area contributed by atoms with Crippen LogP contribution in [0.2, 0.25) is 0 Å². The lowest BCUT2D eigenvalue weighted by atomic mass is 10.0. The van der Waals surface area contributed by atoms with Gasteiger partial charge in [0.1, 0.15) is 18.3 Å². The summed E-state index contributed by atoms with van der Waals surface area (Å²) in [4.78, 5) is 39.6. The Bertz CT molecular complexity index is 1160. The number of rotatable bonds is 8. The number of hydrogen-bond donors (Lipinski definition) is 1. The van der Waals surface area contributed by atoms with Gasteiger partial charge >= 0.3 is 0 Å². The lowest BCUT2D eigenvalue weighted by Crippen LogP contribution is -2.55. The number of ketones is 1. The van der Waals surface area contributed by atoms with E-state index in [1.165, 1.54) is 27.8 Å². The van der Waals surface area contributed by atoms with Crippen LogP contribution in [0.5, 0.6) is 5.75 Å². The van der Waals surface area contributed by atoms with Crippen LogP contribution in [-0.2, 0) is 11.2 Å². The molecule has 0 saturated carbocycles. The Balaban J connectivity index is 1.94. The fraction of sp³-hybridized carbons (Fsp3) is 0.318. The maximum absolute atomic E-state index is 13.8. The molecule has 0 fully saturated rings. The van der Waals surface area contributed by atoms with Gasteiger partial charge < -0.3 is 14.7 Å². The summed E-state index contributed by atoms with van der Waals surface area (Å²) in [5.41, 5.74) is -1.58. The number of hydrogen-bond acceptors (Lipinski definition) is 6. The van der Waals surface area contributed by atoms with E-state index in [-0.39, 0.29) is 56.0 Å². The van der Waals surface area contributed by atoms with E-state index in [1.807, 2.05) is 0 Å². The Morgan fingerprint density at radius 2 is 2.06 bits per heavy atom. The maximum atomic E-state index is 13.8. The molecule has 1 amide bonds. The number of aryl methyl sites for hydroxylation is 1. The lowest BCUT2D eigenvalue weighted by Gasteiger charge is -2.38. The number of ether oxygens (including phenoxy) is 1. The van der Waals surface area contributed by atoms with Crippen LogP contribution in [0.15, 0.2) is 29.2 Å². The van der Waals surface area contributed by atoms with Crippen molar-refractivity contribution < 1.29 is 28.2 Å². The van der Waals surface area contributed by atoms with Crippen molar-refractivity contribution in [2.75, 3.05) is 38.5 Å². The van der Waals surface area contributed by atoms with Gasteiger partial charge in [-0.25, -0.2) is 8.78 Å². The summed E-state index contributed by atoms with van der Waals surface area (Å²) in [5.74, 6) is -1.27. The van der Waals surface area contributed by atoms with Crippen molar-refractivity contribution in [2.24, 2.45) is 0 Å². The summed E-state index contributed by atoms with van der Waals surface area (Å²) < 4.78 is 33.1. The fourth-order valence-electron chi connectivity index (χ4n) is 3.40. The van der Waals surface area contributed by atoms with Gasteiger partial charge in [0.25, 0.3) is 5.91 Å². The Hall–Kier alpha value is -3.71. The number of aromatic hydroxyl groups is 1. The third-order valence-corrected chi connectivity index (χ3v) is 5.07. The molecule has 0 bridgehead atoms. The molecule has 32 heavy (non-hydrogen) atoms. The number of benzene rings is 1. The number of pyridine rings is 1. The van der Waals surface area contributed by atoms with Gasteiger partial charge in [0.15, 0.2) is 17.2 Å². The van der Waals surface area contributed by atoms with Crippen molar-refractivity contribution in [3.63, 3.8) is 0 Å². The van der Waals surface area contributed by atoms with Gasteiger partial charge in [-0.15, -0.1) is 6.42 Å². The average Bonchev–Trinajstić information content (AvgIpc) is 2.76. The highest BCUT2D eigenvalue weighted by Crippen LogP contribution is 2.22. The van der Waals surface area contributed by atoms with E-state index in [0.29, 0.717) is 6.07 Å². The van der Waals surface area contributed by atoms with E-state index in [0.717, 1.165) is 12.3 Å². The number of Topliss-reactive ketones (excluding diaryl/α,β-unsaturated/α-hetero) is 1. The molecule has 0 spiro atoms. The van der Waals surface area contributed by atoms with E-state index in [2.05, 4.69) is 5.92 Å². The molecule has 2 heterocycles. The minimum atomic E-state index is -1.01. The molecule has 0 aliphatic carbocycles. The zero-order valence-electron chi connectivity index (χ0n) is 17.3. The van der Waals surface area contributed by atoms with Crippen LogP contribution in [0, 0.1) is 24.0 Å². The van der Waals surface area contributed by atoms with E-state index >= 15 is 0 Å². The van der Waals surface area contributed by atoms with Crippen LogP contribution in [0.3, 0.4) is 0 Å². The molecule has 1 aromatic carbocycles. The molecule has 2 aromatic rings. The normalized spacial score (nSPS) is 13.1. The van der Waals surface area contributed by atoms with E-state index < -0.39 is 34.5 Å². The summed E-state index contributed by atoms with van der Waals surface area (Å²) >= 11 is 0. The molecule has 1 aromatic heterocycles. The fourth-order valence-corrected chi connectivity index (χ4v) is 3.40. The first-order chi connectivity index (χ1) is 15.3. The van der Waals surface area contributed by atoms with Gasteiger partial charge in [0.05, 0.1) is 18.7 Å². The molecule has 3 rings (SSSR count). The van der Waals surface area contributed by atoms with Crippen molar-refractivity contribution in [3.05, 3.63) is 63.1 Å². The molecule has 0 atom stereocenters. The summed E-state index contributed by atoms with van der Waals surface area (Å²) in [7, 11) is 1.47. The molecule has 0 unspecified atom stereocenters. The standard InChI is InChI=1S/C22H21F2N3O5/c1-3-8-26-13-25(9-10-32-2)22(31)19-21(30)20(29)16(12-27(19)26)18(28)7-5-14-4-6-15(23)11-17(14)24/h1,4,6,11-12,30H,5,7-10,13H2,2H3. The van der Waals surface area contributed by atoms with Gasteiger partial charge in [-0.1, -0.05) is 12.0 Å². The molecule has 10 heteroatoms. The van der Waals surface area contributed by atoms with Crippen LogP contribution in [0.4, 0.5) is 8.78 Å². The summed E-state index contributed by atoms with van der Waals surface area (Å²) in [6.45, 7) is 0.516. The van der Waals surface area contributed by atoms with Crippen LogP contribution in [0.1, 0.15) is 32.8 Å². The zero-order valence-corrected chi connectivity index (χ0v) is 17.3. The second kappa shape index (κ2) is 9.62. The van der Waals surface area contributed by atoms with Gasteiger partial charge in [0, 0.05) is 32.3 Å². The van der Waals surface area contributed by atoms with Crippen molar-refractivity contribution in [3.8, 4) is 18.1 Å². The monoisotopic (exact) mass is 445 g/mol. The van der Waals surface area contributed by atoms with E-state index in [4.69, 9.17) is 11.2 Å². The van der Waals surface area contributed by atoms with Crippen molar-refractivity contribution in [1.29, 1.82) is 0 Å². The number of aromatic nitrogens is 1. The predicted octanol–water partition coefficient (Wildman–Crippen LogP) is 1.28.